The molecule has 0 saturated carbocycles. The summed E-state index contributed by atoms with van der Waals surface area (Å²) in [7, 11) is 0. The second-order valence-corrected chi connectivity index (χ2v) is 8.14. The first-order valence-electron chi connectivity index (χ1n) is 9.59. The van der Waals surface area contributed by atoms with E-state index in [0.717, 1.165) is 29.7 Å². The van der Waals surface area contributed by atoms with Crippen molar-refractivity contribution in [2.75, 3.05) is 6.54 Å². The lowest BCUT2D eigenvalue weighted by Gasteiger charge is -2.24. The topological polar surface area (TPSA) is 50.4 Å². The maximum absolute atomic E-state index is 12.6. The van der Waals surface area contributed by atoms with Crippen LogP contribution in [0.3, 0.4) is 0 Å². The number of rotatable bonds is 8. The average Bonchev–Trinajstić information content (AvgIpc) is 3.13. The second kappa shape index (κ2) is 8.42. The molecule has 0 fully saturated rings. The van der Waals surface area contributed by atoms with Gasteiger partial charge in [-0.2, -0.15) is 0 Å². The number of imidazole rings is 1. The molecule has 0 aliphatic rings. The van der Waals surface area contributed by atoms with Crippen molar-refractivity contribution in [2.24, 2.45) is 0 Å². The molecule has 0 aliphatic carbocycles. The lowest BCUT2D eigenvalue weighted by atomic mass is 10.1. The van der Waals surface area contributed by atoms with Gasteiger partial charge in [0.1, 0.15) is 0 Å². The van der Waals surface area contributed by atoms with Crippen LogP contribution in [0.4, 0.5) is 0 Å². The van der Waals surface area contributed by atoms with Crippen LogP contribution in [-0.4, -0.2) is 31.8 Å². The molecule has 0 saturated heterocycles. The highest BCUT2D eigenvalue weighted by Gasteiger charge is 2.15. The van der Waals surface area contributed by atoms with Crippen molar-refractivity contribution in [1.29, 1.82) is 0 Å². The van der Waals surface area contributed by atoms with E-state index in [9.17, 15) is 9.90 Å². The zero-order chi connectivity index (χ0) is 19.6. The first-order chi connectivity index (χ1) is 12.9. The Morgan fingerprint density at radius 1 is 1.11 bits per heavy atom. The number of aliphatic hydroxyl groups is 1. The van der Waals surface area contributed by atoms with E-state index in [1.807, 2.05) is 29.9 Å². The molecule has 0 aliphatic heterocycles. The Morgan fingerprint density at radius 3 is 2.41 bits per heavy atom. The highest BCUT2D eigenvalue weighted by atomic mass is 32.1. The number of fused-ring (bicyclic) bond motifs is 1. The Hall–Kier alpha value is -1.89. The molecule has 0 amide bonds. The maximum atomic E-state index is 12.6. The smallest absolute Gasteiger partial charge is 0.329 e. The minimum absolute atomic E-state index is 0.0576. The van der Waals surface area contributed by atoms with Gasteiger partial charge in [0.15, 0.2) is 0 Å². The fraction of sp³-hybridized carbons (Fsp3) is 0.476. The number of thiophene rings is 1. The molecule has 1 aromatic carbocycles. The zero-order valence-electron chi connectivity index (χ0n) is 16.6. The number of aromatic nitrogens is 2. The van der Waals surface area contributed by atoms with Crippen LogP contribution in [0.15, 0.2) is 34.4 Å². The molecule has 2 aromatic heterocycles. The summed E-state index contributed by atoms with van der Waals surface area (Å²) in [6.45, 7) is 11.5. The van der Waals surface area contributed by atoms with Crippen LogP contribution < -0.4 is 5.69 Å². The largest absolute Gasteiger partial charge is 0.392 e. The summed E-state index contributed by atoms with van der Waals surface area (Å²) in [5.41, 5.74) is 4.50. The number of hydrogen-bond donors (Lipinski definition) is 1. The van der Waals surface area contributed by atoms with E-state index in [0.29, 0.717) is 19.6 Å². The summed E-state index contributed by atoms with van der Waals surface area (Å²) in [5.74, 6) is 0. The van der Waals surface area contributed by atoms with Crippen LogP contribution in [-0.2, 0) is 26.2 Å². The first kappa shape index (κ1) is 19.9. The van der Waals surface area contributed by atoms with Crippen LogP contribution >= 0.6 is 11.3 Å². The molecule has 3 aromatic rings. The average molecular weight is 388 g/mol. The molecule has 6 heteroatoms. The number of benzene rings is 1. The molecule has 1 N–H and O–H groups in total. The third-order valence-corrected chi connectivity index (χ3v) is 5.99. The van der Waals surface area contributed by atoms with Gasteiger partial charge in [0.25, 0.3) is 0 Å². The Balaban J connectivity index is 1.92. The predicted octanol–water partition coefficient (Wildman–Crippen LogP) is 3.60. The SMILES string of the molecule is CCn1c(=O)n(CC)c2cc(CN(Cc3sccc3C)CC(C)O)ccc21. The lowest BCUT2D eigenvalue weighted by Crippen LogP contribution is -2.30. The quantitative estimate of drug-likeness (QED) is 0.643. The zero-order valence-corrected chi connectivity index (χ0v) is 17.4. The predicted molar refractivity (Wildman–Crippen MR) is 112 cm³/mol. The van der Waals surface area contributed by atoms with Gasteiger partial charge >= 0.3 is 5.69 Å². The molecule has 1 atom stereocenters. The van der Waals surface area contributed by atoms with E-state index >= 15 is 0 Å². The molecule has 0 spiro atoms. The maximum Gasteiger partial charge on any atom is 0.329 e. The van der Waals surface area contributed by atoms with Crippen molar-refractivity contribution >= 4 is 22.4 Å². The lowest BCUT2D eigenvalue weighted by molar-refractivity contribution is 0.118. The molecule has 146 valence electrons. The number of aryl methyl sites for hydroxylation is 3. The van der Waals surface area contributed by atoms with Crippen LogP contribution in [0.5, 0.6) is 0 Å². The van der Waals surface area contributed by atoms with Gasteiger partial charge in [-0.3, -0.25) is 14.0 Å². The highest BCUT2D eigenvalue weighted by Crippen LogP contribution is 2.21. The van der Waals surface area contributed by atoms with Gasteiger partial charge in [0, 0.05) is 37.6 Å². The van der Waals surface area contributed by atoms with Crippen molar-refractivity contribution < 1.29 is 5.11 Å². The first-order valence-corrected chi connectivity index (χ1v) is 10.5. The van der Waals surface area contributed by atoms with Crippen molar-refractivity contribution in [1.82, 2.24) is 14.0 Å². The molecule has 5 nitrogen and oxygen atoms in total. The van der Waals surface area contributed by atoms with E-state index in [1.54, 1.807) is 11.3 Å². The minimum Gasteiger partial charge on any atom is -0.392 e. The summed E-state index contributed by atoms with van der Waals surface area (Å²) < 4.78 is 3.66. The molecular formula is C21H29N3O2S. The van der Waals surface area contributed by atoms with E-state index < -0.39 is 0 Å². The summed E-state index contributed by atoms with van der Waals surface area (Å²) in [4.78, 5) is 16.2. The van der Waals surface area contributed by atoms with Crippen molar-refractivity contribution in [3.8, 4) is 0 Å². The van der Waals surface area contributed by atoms with Crippen LogP contribution in [0.2, 0.25) is 0 Å². The van der Waals surface area contributed by atoms with E-state index in [2.05, 4.69) is 41.5 Å². The number of aliphatic hydroxyl groups excluding tert-OH is 1. The summed E-state index contributed by atoms with van der Waals surface area (Å²) in [6, 6.07) is 8.42. The van der Waals surface area contributed by atoms with Gasteiger partial charge in [-0.1, -0.05) is 6.07 Å². The molecular weight excluding hydrogens is 358 g/mol. The van der Waals surface area contributed by atoms with Crippen molar-refractivity contribution in [3.63, 3.8) is 0 Å². The van der Waals surface area contributed by atoms with Gasteiger partial charge < -0.3 is 5.11 Å². The molecule has 1 unspecified atom stereocenters. The summed E-state index contributed by atoms with van der Waals surface area (Å²) in [5, 5.41) is 12.1. The molecule has 0 radical (unpaired) electrons. The fourth-order valence-electron chi connectivity index (χ4n) is 3.66. The van der Waals surface area contributed by atoms with Crippen molar-refractivity contribution in [3.05, 3.63) is 56.1 Å². The van der Waals surface area contributed by atoms with E-state index in [-0.39, 0.29) is 11.8 Å². The van der Waals surface area contributed by atoms with E-state index in [4.69, 9.17) is 0 Å². The molecule has 0 bridgehead atoms. The summed E-state index contributed by atoms with van der Waals surface area (Å²) in [6.07, 6.45) is -0.385. The molecule has 2 heterocycles. The van der Waals surface area contributed by atoms with Crippen LogP contribution in [0.25, 0.3) is 11.0 Å². The minimum atomic E-state index is -0.385. The van der Waals surface area contributed by atoms with E-state index in [1.165, 1.54) is 10.4 Å². The Kier molecular flexibility index (Phi) is 6.19. The van der Waals surface area contributed by atoms with Gasteiger partial charge in [-0.05, 0) is 62.4 Å². The van der Waals surface area contributed by atoms with Gasteiger partial charge in [0.05, 0.1) is 17.1 Å². The number of hydrogen-bond acceptors (Lipinski definition) is 4. The Morgan fingerprint density at radius 2 is 1.81 bits per heavy atom. The van der Waals surface area contributed by atoms with Crippen LogP contribution in [0, 0.1) is 6.92 Å². The fourth-order valence-corrected chi connectivity index (χ4v) is 4.61. The molecule has 3 rings (SSSR count). The second-order valence-electron chi connectivity index (χ2n) is 7.14. The van der Waals surface area contributed by atoms with Gasteiger partial charge in [-0.25, -0.2) is 4.79 Å². The highest BCUT2D eigenvalue weighted by molar-refractivity contribution is 7.10. The van der Waals surface area contributed by atoms with Crippen molar-refractivity contribution in [2.45, 2.75) is 60.0 Å². The summed E-state index contributed by atoms with van der Waals surface area (Å²) >= 11 is 1.76. The Labute approximate surface area is 164 Å². The van der Waals surface area contributed by atoms with Crippen LogP contribution in [0.1, 0.15) is 36.8 Å². The monoisotopic (exact) mass is 387 g/mol. The Bertz CT molecular complexity index is 968. The molecule has 27 heavy (non-hydrogen) atoms. The third-order valence-electron chi connectivity index (χ3n) is 4.98. The van der Waals surface area contributed by atoms with Gasteiger partial charge in [0.2, 0.25) is 0 Å². The van der Waals surface area contributed by atoms with Gasteiger partial charge in [-0.15, -0.1) is 11.3 Å². The standard InChI is InChI=1S/C21H29N3O2S/c1-5-23-18-8-7-17(11-19(18)24(6-2)21(23)26)13-22(12-16(4)25)14-20-15(3)9-10-27-20/h7-11,16,25H,5-6,12-14H2,1-4H3. The third kappa shape index (κ3) is 4.18. The number of nitrogens with zero attached hydrogens (tertiary/aromatic N) is 3. The normalized spacial score (nSPS) is 13.0.